The first-order valence-corrected chi connectivity index (χ1v) is 4.34. The van der Waals surface area contributed by atoms with Crippen molar-refractivity contribution in [3.05, 3.63) is 0 Å². The van der Waals surface area contributed by atoms with Crippen molar-refractivity contribution < 1.29 is 9.59 Å². The van der Waals surface area contributed by atoms with E-state index in [0.29, 0.717) is 18.9 Å². The zero-order valence-electron chi connectivity index (χ0n) is 6.80. The van der Waals surface area contributed by atoms with Crippen LogP contribution in [-0.2, 0) is 9.59 Å². The number of amides is 2. The van der Waals surface area contributed by atoms with E-state index in [0.717, 1.165) is 12.8 Å². The summed E-state index contributed by atoms with van der Waals surface area (Å²) in [5.74, 6) is 0.376. The Morgan fingerprint density at radius 1 is 1.25 bits per heavy atom. The molecule has 0 aromatic heterocycles. The van der Waals surface area contributed by atoms with Gasteiger partial charge in [0.1, 0.15) is 6.04 Å². The predicted octanol–water partition coefficient (Wildman–Crippen LogP) is -0.599. The summed E-state index contributed by atoms with van der Waals surface area (Å²) in [6.45, 7) is 0.480. The van der Waals surface area contributed by atoms with E-state index in [4.69, 9.17) is 0 Å². The van der Waals surface area contributed by atoms with Gasteiger partial charge >= 0.3 is 0 Å². The molecule has 1 heterocycles. The SMILES string of the molecule is O=C1CCNC(=O)C(C2CC2)N1. The number of hydrogen-bond acceptors (Lipinski definition) is 2. The maximum Gasteiger partial charge on any atom is 0.242 e. The minimum atomic E-state index is -0.250. The normalized spacial score (nSPS) is 30.5. The molecule has 1 aliphatic carbocycles. The summed E-state index contributed by atoms with van der Waals surface area (Å²) in [4.78, 5) is 22.4. The molecule has 66 valence electrons. The third-order valence-corrected chi connectivity index (χ3v) is 2.34. The molecule has 0 aromatic rings. The Hall–Kier alpha value is -1.06. The molecular weight excluding hydrogens is 156 g/mol. The molecule has 2 N–H and O–H groups in total. The standard InChI is InChI=1S/C8H12N2O2/c11-6-3-4-9-8(12)7(10-6)5-1-2-5/h5,7H,1-4H2,(H,9,12)(H,10,11). The summed E-state index contributed by atoms with van der Waals surface area (Å²) in [6.07, 6.45) is 2.55. The second-order valence-electron chi connectivity index (χ2n) is 3.42. The molecule has 1 saturated heterocycles. The molecule has 1 unspecified atom stereocenters. The fraction of sp³-hybridized carbons (Fsp3) is 0.750. The highest BCUT2D eigenvalue weighted by Gasteiger charge is 2.38. The Kier molecular flexibility index (Phi) is 1.75. The van der Waals surface area contributed by atoms with Gasteiger partial charge in [-0.25, -0.2) is 0 Å². The quantitative estimate of drug-likeness (QED) is 0.549. The van der Waals surface area contributed by atoms with Gasteiger partial charge in [-0.1, -0.05) is 0 Å². The molecule has 1 atom stereocenters. The van der Waals surface area contributed by atoms with Crippen LogP contribution in [0.4, 0.5) is 0 Å². The number of rotatable bonds is 1. The van der Waals surface area contributed by atoms with Crippen LogP contribution < -0.4 is 10.6 Å². The van der Waals surface area contributed by atoms with Crippen molar-refractivity contribution in [2.45, 2.75) is 25.3 Å². The molecule has 0 radical (unpaired) electrons. The van der Waals surface area contributed by atoms with E-state index in [9.17, 15) is 9.59 Å². The third kappa shape index (κ3) is 1.42. The van der Waals surface area contributed by atoms with Crippen LogP contribution >= 0.6 is 0 Å². The lowest BCUT2D eigenvalue weighted by Crippen LogP contribution is -2.44. The van der Waals surface area contributed by atoms with E-state index >= 15 is 0 Å². The molecule has 0 aromatic carbocycles. The van der Waals surface area contributed by atoms with Gasteiger partial charge in [0.2, 0.25) is 11.8 Å². The molecule has 2 rings (SSSR count). The highest BCUT2D eigenvalue weighted by atomic mass is 16.2. The molecule has 0 spiro atoms. The molecule has 0 bridgehead atoms. The van der Waals surface area contributed by atoms with Gasteiger partial charge < -0.3 is 10.6 Å². The van der Waals surface area contributed by atoms with E-state index in [1.54, 1.807) is 0 Å². The van der Waals surface area contributed by atoms with Crippen LogP contribution in [0.3, 0.4) is 0 Å². The topological polar surface area (TPSA) is 58.2 Å². The van der Waals surface area contributed by atoms with Crippen molar-refractivity contribution in [1.29, 1.82) is 0 Å². The Bertz CT molecular complexity index is 223. The van der Waals surface area contributed by atoms with Crippen LogP contribution in [-0.4, -0.2) is 24.4 Å². The highest BCUT2D eigenvalue weighted by Crippen LogP contribution is 2.33. The van der Waals surface area contributed by atoms with Gasteiger partial charge in [-0.15, -0.1) is 0 Å². The lowest BCUT2D eigenvalue weighted by atomic mass is 10.2. The minimum absolute atomic E-state index is 0.00903. The second kappa shape index (κ2) is 2.77. The van der Waals surface area contributed by atoms with Crippen LogP contribution in [0.15, 0.2) is 0 Å². The smallest absolute Gasteiger partial charge is 0.242 e. The van der Waals surface area contributed by atoms with E-state index in [2.05, 4.69) is 10.6 Å². The van der Waals surface area contributed by atoms with Gasteiger partial charge in [0, 0.05) is 13.0 Å². The number of nitrogens with one attached hydrogen (secondary N) is 2. The van der Waals surface area contributed by atoms with Gasteiger partial charge in [-0.2, -0.15) is 0 Å². The Balaban J connectivity index is 2.05. The maximum atomic E-state index is 11.3. The van der Waals surface area contributed by atoms with Gasteiger partial charge in [0.25, 0.3) is 0 Å². The van der Waals surface area contributed by atoms with Crippen LogP contribution in [0.25, 0.3) is 0 Å². The average Bonchev–Trinajstić information content (AvgIpc) is 2.79. The highest BCUT2D eigenvalue weighted by molar-refractivity contribution is 5.90. The Labute approximate surface area is 70.7 Å². The Morgan fingerprint density at radius 2 is 2.00 bits per heavy atom. The van der Waals surface area contributed by atoms with Crippen molar-refractivity contribution in [3.8, 4) is 0 Å². The van der Waals surface area contributed by atoms with Gasteiger partial charge in [0.15, 0.2) is 0 Å². The van der Waals surface area contributed by atoms with Crippen LogP contribution in [0.2, 0.25) is 0 Å². The fourth-order valence-electron chi connectivity index (χ4n) is 1.48. The van der Waals surface area contributed by atoms with Crippen molar-refractivity contribution >= 4 is 11.8 Å². The van der Waals surface area contributed by atoms with Gasteiger partial charge in [0.05, 0.1) is 0 Å². The average molecular weight is 168 g/mol. The predicted molar refractivity (Wildman–Crippen MR) is 42.3 cm³/mol. The van der Waals surface area contributed by atoms with Crippen molar-refractivity contribution in [1.82, 2.24) is 10.6 Å². The summed E-state index contributed by atoms with van der Waals surface area (Å²) in [5.41, 5.74) is 0. The van der Waals surface area contributed by atoms with Crippen molar-refractivity contribution in [2.75, 3.05) is 6.54 Å². The summed E-state index contributed by atoms with van der Waals surface area (Å²) in [7, 11) is 0. The van der Waals surface area contributed by atoms with E-state index in [1.807, 2.05) is 0 Å². The van der Waals surface area contributed by atoms with E-state index < -0.39 is 0 Å². The molecule has 2 aliphatic rings. The van der Waals surface area contributed by atoms with Crippen molar-refractivity contribution in [3.63, 3.8) is 0 Å². The first kappa shape index (κ1) is 7.58. The molecule has 12 heavy (non-hydrogen) atoms. The van der Waals surface area contributed by atoms with Gasteiger partial charge in [-0.05, 0) is 18.8 Å². The minimum Gasteiger partial charge on any atom is -0.354 e. The molecule has 1 aliphatic heterocycles. The fourth-order valence-corrected chi connectivity index (χ4v) is 1.48. The third-order valence-electron chi connectivity index (χ3n) is 2.34. The summed E-state index contributed by atoms with van der Waals surface area (Å²) in [5, 5.41) is 5.46. The van der Waals surface area contributed by atoms with Crippen LogP contribution in [0.5, 0.6) is 0 Å². The maximum absolute atomic E-state index is 11.3. The van der Waals surface area contributed by atoms with E-state index in [1.165, 1.54) is 0 Å². The molecular formula is C8H12N2O2. The number of carbonyl (C=O) groups is 2. The Morgan fingerprint density at radius 3 is 2.67 bits per heavy atom. The molecule has 2 fully saturated rings. The lowest BCUT2D eigenvalue weighted by Gasteiger charge is -2.12. The molecule has 4 nitrogen and oxygen atoms in total. The molecule has 4 heteroatoms. The van der Waals surface area contributed by atoms with Crippen LogP contribution in [0.1, 0.15) is 19.3 Å². The number of hydrogen-bond donors (Lipinski definition) is 2. The number of carbonyl (C=O) groups excluding carboxylic acids is 2. The van der Waals surface area contributed by atoms with Crippen LogP contribution in [0, 0.1) is 5.92 Å². The lowest BCUT2D eigenvalue weighted by molar-refractivity contribution is -0.127. The van der Waals surface area contributed by atoms with Crippen molar-refractivity contribution in [2.24, 2.45) is 5.92 Å². The second-order valence-corrected chi connectivity index (χ2v) is 3.42. The largest absolute Gasteiger partial charge is 0.354 e. The first-order chi connectivity index (χ1) is 5.77. The zero-order chi connectivity index (χ0) is 8.55. The summed E-state index contributed by atoms with van der Waals surface area (Å²) < 4.78 is 0. The molecule has 2 amide bonds. The zero-order valence-corrected chi connectivity index (χ0v) is 6.80. The molecule has 1 saturated carbocycles. The summed E-state index contributed by atoms with van der Waals surface area (Å²) >= 11 is 0. The van der Waals surface area contributed by atoms with E-state index in [-0.39, 0.29) is 17.9 Å². The monoisotopic (exact) mass is 168 g/mol. The first-order valence-electron chi connectivity index (χ1n) is 4.34. The van der Waals surface area contributed by atoms with Gasteiger partial charge in [-0.3, -0.25) is 9.59 Å². The summed E-state index contributed by atoms with van der Waals surface area (Å²) in [6, 6.07) is -0.250.